The third-order valence-electron chi connectivity index (χ3n) is 4.30. The van der Waals surface area contributed by atoms with E-state index < -0.39 is 0 Å². The molecule has 25 heavy (non-hydrogen) atoms. The standard InChI is InChI=1S/C19H22N2O4/c1-23-16-8-18(25-3)17(24-2)7-15(16)19(22)21-9-12-4-5-13-10-20-11-14(13)6-12/h4-8,20H,9-11H2,1-3H3,(H,21,22). The van der Waals surface area contributed by atoms with Crippen molar-refractivity contribution in [3.8, 4) is 17.2 Å². The fourth-order valence-corrected chi connectivity index (χ4v) is 2.94. The van der Waals surface area contributed by atoms with Gasteiger partial charge in [-0.15, -0.1) is 0 Å². The topological polar surface area (TPSA) is 68.8 Å². The molecule has 0 saturated heterocycles. The van der Waals surface area contributed by atoms with E-state index in [0.717, 1.165) is 18.7 Å². The van der Waals surface area contributed by atoms with Gasteiger partial charge >= 0.3 is 0 Å². The molecule has 1 amide bonds. The van der Waals surface area contributed by atoms with E-state index in [1.54, 1.807) is 19.2 Å². The summed E-state index contributed by atoms with van der Waals surface area (Å²) in [5.41, 5.74) is 4.07. The Morgan fingerprint density at radius 2 is 1.64 bits per heavy atom. The van der Waals surface area contributed by atoms with Crippen molar-refractivity contribution in [2.75, 3.05) is 21.3 Å². The van der Waals surface area contributed by atoms with Gasteiger partial charge in [-0.1, -0.05) is 18.2 Å². The Morgan fingerprint density at radius 1 is 0.960 bits per heavy atom. The summed E-state index contributed by atoms with van der Waals surface area (Å²) in [6, 6.07) is 9.54. The minimum atomic E-state index is -0.226. The maximum absolute atomic E-state index is 12.6. The fourth-order valence-electron chi connectivity index (χ4n) is 2.94. The molecule has 6 nitrogen and oxygen atoms in total. The monoisotopic (exact) mass is 342 g/mol. The predicted octanol–water partition coefficient (Wildman–Crippen LogP) is 2.25. The van der Waals surface area contributed by atoms with Gasteiger partial charge in [-0.25, -0.2) is 0 Å². The number of methoxy groups -OCH3 is 3. The molecule has 2 aromatic rings. The molecule has 0 radical (unpaired) electrons. The Labute approximate surface area is 147 Å². The summed E-state index contributed by atoms with van der Waals surface area (Å²) in [6.07, 6.45) is 0. The fraction of sp³-hybridized carbons (Fsp3) is 0.316. The average Bonchev–Trinajstić information content (AvgIpc) is 3.12. The Bertz CT molecular complexity index is 789. The van der Waals surface area contributed by atoms with Crippen molar-refractivity contribution in [2.24, 2.45) is 0 Å². The van der Waals surface area contributed by atoms with Gasteiger partial charge in [0.05, 0.1) is 26.9 Å². The lowest BCUT2D eigenvalue weighted by atomic mass is 10.1. The molecule has 0 aromatic heterocycles. The molecule has 0 unspecified atom stereocenters. The lowest BCUT2D eigenvalue weighted by Crippen LogP contribution is -2.23. The van der Waals surface area contributed by atoms with E-state index in [9.17, 15) is 4.79 Å². The van der Waals surface area contributed by atoms with Crippen LogP contribution in [0.5, 0.6) is 17.2 Å². The van der Waals surface area contributed by atoms with E-state index in [1.807, 2.05) is 6.07 Å². The molecule has 1 aliphatic heterocycles. The molecular formula is C19H22N2O4. The first-order valence-electron chi connectivity index (χ1n) is 8.06. The minimum absolute atomic E-state index is 0.226. The van der Waals surface area contributed by atoms with E-state index >= 15 is 0 Å². The molecule has 0 fully saturated rings. The molecular weight excluding hydrogens is 320 g/mol. The van der Waals surface area contributed by atoms with Crippen LogP contribution in [0.3, 0.4) is 0 Å². The first kappa shape index (κ1) is 17.1. The molecule has 2 N–H and O–H groups in total. The number of benzene rings is 2. The van der Waals surface area contributed by atoms with Crippen molar-refractivity contribution in [3.63, 3.8) is 0 Å². The van der Waals surface area contributed by atoms with E-state index in [0.29, 0.717) is 29.4 Å². The zero-order valence-corrected chi connectivity index (χ0v) is 14.6. The van der Waals surface area contributed by atoms with Crippen molar-refractivity contribution < 1.29 is 19.0 Å². The van der Waals surface area contributed by atoms with Gasteiger partial charge in [-0.2, -0.15) is 0 Å². The number of rotatable bonds is 6. The molecule has 0 saturated carbocycles. The molecule has 2 aromatic carbocycles. The number of carbonyl (C=O) groups excluding carboxylic acids is 1. The van der Waals surface area contributed by atoms with Crippen molar-refractivity contribution in [3.05, 3.63) is 52.6 Å². The second-order valence-electron chi connectivity index (χ2n) is 5.80. The third-order valence-corrected chi connectivity index (χ3v) is 4.30. The summed E-state index contributed by atoms with van der Waals surface area (Å²) >= 11 is 0. The van der Waals surface area contributed by atoms with Crippen LogP contribution < -0.4 is 24.8 Å². The molecule has 1 heterocycles. The Balaban J connectivity index is 1.76. The van der Waals surface area contributed by atoms with Crippen molar-refractivity contribution in [1.29, 1.82) is 0 Å². The smallest absolute Gasteiger partial charge is 0.255 e. The highest BCUT2D eigenvalue weighted by molar-refractivity contribution is 5.97. The maximum Gasteiger partial charge on any atom is 0.255 e. The number of amides is 1. The van der Waals surface area contributed by atoms with E-state index in [-0.39, 0.29) is 5.91 Å². The van der Waals surface area contributed by atoms with Gasteiger partial charge in [-0.3, -0.25) is 4.79 Å². The first-order valence-corrected chi connectivity index (χ1v) is 8.06. The van der Waals surface area contributed by atoms with Crippen LogP contribution in [0.1, 0.15) is 27.0 Å². The van der Waals surface area contributed by atoms with Crippen LogP contribution in [0.4, 0.5) is 0 Å². The summed E-state index contributed by atoms with van der Waals surface area (Å²) in [7, 11) is 4.59. The Kier molecular flexibility index (Phi) is 5.09. The van der Waals surface area contributed by atoms with Gasteiger partial charge < -0.3 is 24.8 Å². The Hall–Kier alpha value is -2.73. The van der Waals surface area contributed by atoms with Gasteiger partial charge in [-0.05, 0) is 16.7 Å². The molecule has 0 spiro atoms. The van der Waals surface area contributed by atoms with Gasteiger partial charge in [0.2, 0.25) is 0 Å². The van der Waals surface area contributed by atoms with E-state index in [1.165, 1.54) is 25.3 Å². The number of hydrogen-bond acceptors (Lipinski definition) is 5. The number of carbonyl (C=O) groups is 1. The lowest BCUT2D eigenvalue weighted by molar-refractivity contribution is 0.0947. The SMILES string of the molecule is COc1cc(OC)c(C(=O)NCc2ccc3c(c2)CNC3)cc1OC. The van der Waals surface area contributed by atoms with Crippen LogP contribution in [0.25, 0.3) is 0 Å². The number of hydrogen-bond donors (Lipinski definition) is 2. The first-order chi connectivity index (χ1) is 12.2. The van der Waals surface area contributed by atoms with Crippen molar-refractivity contribution >= 4 is 5.91 Å². The molecule has 0 atom stereocenters. The highest BCUT2D eigenvalue weighted by Gasteiger charge is 2.18. The van der Waals surface area contributed by atoms with Crippen LogP contribution in [-0.4, -0.2) is 27.2 Å². The number of nitrogens with one attached hydrogen (secondary N) is 2. The zero-order chi connectivity index (χ0) is 17.8. The van der Waals surface area contributed by atoms with E-state index in [2.05, 4.69) is 22.8 Å². The third kappa shape index (κ3) is 3.53. The van der Waals surface area contributed by atoms with Crippen LogP contribution in [0.15, 0.2) is 30.3 Å². The summed E-state index contributed by atoms with van der Waals surface area (Å²) in [5.74, 6) is 1.21. The largest absolute Gasteiger partial charge is 0.496 e. The molecule has 6 heteroatoms. The number of fused-ring (bicyclic) bond motifs is 1. The second-order valence-corrected chi connectivity index (χ2v) is 5.80. The van der Waals surface area contributed by atoms with Crippen molar-refractivity contribution in [1.82, 2.24) is 10.6 Å². The van der Waals surface area contributed by atoms with Gasteiger partial charge in [0.1, 0.15) is 5.75 Å². The average molecular weight is 342 g/mol. The van der Waals surface area contributed by atoms with Crippen LogP contribution >= 0.6 is 0 Å². The van der Waals surface area contributed by atoms with Crippen LogP contribution in [0, 0.1) is 0 Å². The van der Waals surface area contributed by atoms with Crippen LogP contribution in [-0.2, 0) is 19.6 Å². The molecule has 0 aliphatic carbocycles. The lowest BCUT2D eigenvalue weighted by Gasteiger charge is -2.14. The highest BCUT2D eigenvalue weighted by Crippen LogP contribution is 2.34. The second kappa shape index (κ2) is 7.44. The normalized spacial score (nSPS) is 12.4. The van der Waals surface area contributed by atoms with E-state index in [4.69, 9.17) is 14.2 Å². The quantitative estimate of drug-likeness (QED) is 0.843. The van der Waals surface area contributed by atoms with Gasteiger partial charge in [0.25, 0.3) is 5.91 Å². The summed E-state index contributed by atoms with van der Waals surface area (Å²) in [6.45, 7) is 2.23. The Morgan fingerprint density at radius 3 is 2.36 bits per heavy atom. The summed E-state index contributed by atoms with van der Waals surface area (Å²) in [5, 5.41) is 6.25. The molecule has 132 valence electrons. The van der Waals surface area contributed by atoms with Gasteiger partial charge in [0.15, 0.2) is 11.5 Å². The number of ether oxygens (including phenoxy) is 3. The maximum atomic E-state index is 12.6. The van der Waals surface area contributed by atoms with Gasteiger partial charge in [0, 0.05) is 31.8 Å². The highest BCUT2D eigenvalue weighted by atomic mass is 16.5. The predicted molar refractivity (Wildman–Crippen MR) is 94.3 cm³/mol. The van der Waals surface area contributed by atoms with Crippen molar-refractivity contribution in [2.45, 2.75) is 19.6 Å². The summed E-state index contributed by atoms with van der Waals surface area (Å²) < 4.78 is 15.8. The molecule has 3 rings (SSSR count). The molecule has 1 aliphatic rings. The minimum Gasteiger partial charge on any atom is -0.496 e. The molecule has 0 bridgehead atoms. The van der Waals surface area contributed by atoms with Crippen LogP contribution in [0.2, 0.25) is 0 Å². The summed E-state index contributed by atoms with van der Waals surface area (Å²) in [4.78, 5) is 12.6. The zero-order valence-electron chi connectivity index (χ0n) is 14.6.